The fraction of sp³-hybridized carbons (Fsp3) is 0.267. The number of carbonyl (C=O) groups is 2. The summed E-state index contributed by atoms with van der Waals surface area (Å²) in [6.07, 6.45) is 2.95. The zero-order valence-corrected chi connectivity index (χ0v) is 11.4. The zero-order valence-electron chi connectivity index (χ0n) is 11.4. The van der Waals surface area contributed by atoms with Crippen LogP contribution in [0.2, 0.25) is 0 Å². The molecular formula is C15H16N2O3. The molecule has 20 heavy (non-hydrogen) atoms. The van der Waals surface area contributed by atoms with E-state index in [1.54, 1.807) is 6.07 Å². The average molecular weight is 272 g/mol. The molecule has 0 radical (unpaired) electrons. The number of carboxylic acids is 1. The van der Waals surface area contributed by atoms with Crippen LogP contribution in [0.3, 0.4) is 0 Å². The van der Waals surface area contributed by atoms with Crippen LogP contribution in [0.4, 0.5) is 0 Å². The quantitative estimate of drug-likeness (QED) is 0.819. The summed E-state index contributed by atoms with van der Waals surface area (Å²) in [6, 6.07) is 5.46. The Hall–Kier alpha value is -2.43. The molecule has 0 unspecified atom stereocenters. The van der Waals surface area contributed by atoms with E-state index >= 15 is 0 Å². The number of hydrogen-bond donors (Lipinski definition) is 2. The number of hydrogen-bond acceptors (Lipinski definition) is 3. The minimum absolute atomic E-state index is 0.0520. The van der Waals surface area contributed by atoms with Crippen molar-refractivity contribution in [2.45, 2.75) is 26.7 Å². The van der Waals surface area contributed by atoms with Crippen LogP contribution < -0.4 is 0 Å². The van der Waals surface area contributed by atoms with Crippen molar-refractivity contribution < 1.29 is 14.7 Å². The fourth-order valence-electron chi connectivity index (χ4n) is 2.21. The van der Waals surface area contributed by atoms with Crippen molar-refractivity contribution in [3.8, 4) is 0 Å². The molecule has 104 valence electrons. The number of nitrogens with one attached hydrogen (secondary N) is 1. The molecule has 0 aliphatic carbocycles. The lowest BCUT2D eigenvalue weighted by atomic mass is 9.97. The predicted molar refractivity (Wildman–Crippen MR) is 74.2 cm³/mol. The number of ketones is 1. The molecule has 0 fully saturated rings. The maximum Gasteiger partial charge on any atom is 0.354 e. The highest BCUT2D eigenvalue weighted by molar-refractivity contribution is 6.12. The van der Waals surface area contributed by atoms with Gasteiger partial charge >= 0.3 is 5.97 Å². The van der Waals surface area contributed by atoms with Gasteiger partial charge in [0.15, 0.2) is 5.69 Å². The maximum atomic E-state index is 12.4. The molecule has 2 aromatic rings. The van der Waals surface area contributed by atoms with Crippen molar-refractivity contribution in [2.75, 3.05) is 0 Å². The third-order valence-electron chi connectivity index (χ3n) is 3.30. The first kappa shape index (κ1) is 14.0. The van der Waals surface area contributed by atoms with Gasteiger partial charge in [-0.25, -0.2) is 9.78 Å². The SMILES string of the molecule is CCc1ccc(C(=O)c2nc[nH]c2C(=O)O)cc1CC. The highest BCUT2D eigenvalue weighted by atomic mass is 16.4. The number of aromatic nitrogens is 2. The molecule has 5 nitrogen and oxygen atoms in total. The van der Waals surface area contributed by atoms with Crippen molar-refractivity contribution in [1.29, 1.82) is 0 Å². The summed E-state index contributed by atoms with van der Waals surface area (Å²) < 4.78 is 0. The topological polar surface area (TPSA) is 83.0 Å². The Bertz CT molecular complexity index is 659. The minimum atomic E-state index is -1.19. The smallest absolute Gasteiger partial charge is 0.354 e. The summed E-state index contributed by atoms with van der Waals surface area (Å²) in [6.45, 7) is 4.09. The van der Waals surface area contributed by atoms with Gasteiger partial charge in [-0.1, -0.05) is 26.0 Å². The number of aryl methyl sites for hydroxylation is 2. The summed E-state index contributed by atoms with van der Waals surface area (Å²) in [4.78, 5) is 29.7. The van der Waals surface area contributed by atoms with Crippen molar-refractivity contribution in [3.05, 3.63) is 52.6 Å². The molecule has 1 heterocycles. The van der Waals surface area contributed by atoms with E-state index in [-0.39, 0.29) is 17.2 Å². The summed E-state index contributed by atoms with van der Waals surface area (Å²) in [5, 5.41) is 9.01. The second kappa shape index (κ2) is 5.69. The first-order valence-electron chi connectivity index (χ1n) is 6.51. The maximum absolute atomic E-state index is 12.4. The Labute approximate surface area is 116 Å². The number of aromatic amines is 1. The van der Waals surface area contributed by atoms with E-state index in [0.717, 1.165) is 18.4 Å². The van der Waals surface area contributed by atoms with Gasteiger partial charge in [0.05, 0.1) is 6.33 Å². The van der Waals surface area contributed by atoms with Crippen LogP contribution in [0.1, 0.15) is 51.5 Å². The van der Waals surface area contributed by atoms with Gasteiger partial charge in [0.2, 0.25) is 5.78 Å². The van der Waals surface area contributed by atoms with Crippen molar-refractivity contribution in [2.24, 2.45) is 0 Å². The number of nitrogens with zero attached hydrogens (tertiary/aromatic N) is 1. The molecule has 0 amide bonds. The van der Waals surface area contributed by atoms with E-state index in [9.17, 15) is 9.59 Å². The Balaban J connectivity index is 2.43. The highest BCUT2D eigenvalue weighted by Gasteiger charge is 2.21. The van der Waals surface area contributed by atoms with E-state index in [1.165, 1.54) is 11.9 Å². The monoisotopic (exact) mass is 272 g/mol. The summed E-state index contributed by atoms with van der Waals surface area (Å²) >= 11 is 0. The number of rotatable bonds is 5. The summed E-state index contributed by atoms with van der Waals surface area (Å²) in [5.74, 6) is -1.56. The average Bonchev–Trinajstić information content (AvgIpc) is 2.95. The van der Waals surface area contributed by atoms with Crippen LogP contribution in [0.25, 0.3) is 0 Å². The molecule has 1 aromatic carbocycles. The lowest BCUT2D eigenvalue weighted by Gasteiger charge is -2.08. The lowest BCUT2D eigenvalue weighted by Crippen LogP contribution is -2.10. The number of carbonyl (C=O) groups excluding carboxylic acids is 1. The van der Waals surface area contributed by atoms with E-state index in [0.29, 0.717) is 5.56 Å². The Morgan fingerprint density at radius 1 is 1.20 bits per heavy atom. The van der Waals surface area contributed by atoms with E-state index < -0.39 is 5.97 Å². The van der Waals surface area contributed by atoms with Crippen LogP contribution in [0.5, 0.6) is 0 Å². The Morgan fingerprint density at radius 3 is 2.50 bits per heavy atom. The summed E-state index contributed by atoms with van der Waals surface area (Å²) in [5.41, 5.74) is 2.54. The molecule has 2 rings (SSSR count). The lowest BCUT2D eigenvalue weighted by molar-refractivity contribution is 0.0687. The molecule has 0 saturated heterocycles. The largest absolute Gasteiger partial charge is 0.477 e. The minimum Gasteiger partial charge on any atom is -0.477 e. The molecule has 1 aromatic heterocycles. The van der Waals surface area contributed by atoms with Gasteiger partial charge in [-0.3, -0.25) is 4.79 Å². The zero-order chi connectivity index (χ0) is 14.7. The van der Waals surface area contributed by atoms with Crippen LogP contribution in [-0.2, 0) is 12.8 Å². The van der Waals surface area contributed by atoms with Crippen molar-refractivity contribution in [3.63, 3.8) is 0 Å². The molecule has 0 aliphatic rings. The third-order valence-corrected chi connectivity index (χ3v) is 3.30. The Morgan fingerprint density at radius 2 is 1.90 bits per heavy atom. The first-order chi connectivity index (χ1) is 9.58. The molecule has 2 N–H and O–H groups in total. The standard InChI is InChI=1S/C15H16N2O3/c1-3-9-5-6-11(7-10(9)4-2)14(18)12-13(15(19)20)17-8-16-12/h5-8H,3-4H2,1-2H3,(H,16,17)(H,19,20). The first-order valence-corrected chi connectivity index (χ1v) is 6.51. The second-order valence-corrected chi connectivity index (χ2v) is 4.45. The Kier molecular flexibility index (Phi) is 3.98. The predicted octanol–water partition coefficient (Wildman–Crippen LogP) is 2.46. The molecule has 0 spiro atoms. The van der Waals surface area contributed by atoms with E-state index in [1.807, 2.05) is 19.1 Å². The number of benzene rings is 1. The molecule has 0 aliphatic heterocycles. The van der Waals surface area contributed by atoms with Crippen LogP contribution in [0.15, 0.2) is 24.5 Å². The normalized spacial score (nSPS) is 10.5. The third kappa shape index (κ3) is 2.47. The van der Waals surface area contributed by atoms with Gasteiger partial charge in [0, 0.05) is 5.56 Å². The van der Waals surface area contributed by atoms with Crippen LogP contribution in [-0.4, -0.2) is 26.8 Å². The molecule has 0 atom stereocenters. The number of carboxylic acid groups (broad SMARTS) is 1. The van der Waals surface area contributed by atoms with E-state index in [4.69, 9.17) is 5.11 Å². The van der Waals surface area contributed by atoms with Gasteiger partial charge < -0.3 is 10.1 Å². The van der Waals surface area contributed by atoms with Gasteiger partial charge in [-0.15, -0.1) is 0 Å². The van der Waals surface area contributed by atoms with E-state index in [2.05, 4.69) is 16.9 Å². The van der Waals surface area contributed by atoms with Gasteiger partial charge in [0.25, 0.3) is 0 Å². The number of imidazole rings is 1. The molecule has 0 saturated carbocycles. The number of aromatic carboxylic acids is 1. The second-order valence-electron chi connectivity index (χ2n) is 4.45. The van der Waals surface area contributed by atoms with Crippen molar-refractivity contribution >= 4 is 11.8 Å². The fourth-order valence-corrected chi connectivity index (χ4v) is 2.21. The number of H-pyrrole nitrogens is 1. The van der Waals surface area contributed by atoms with Crippen LogP contribution in [0, 0.1) is 0 Å². The highest BCUT2D eigenvalue weighted by Crippen LogP contribution is 2.17. The molecule has 5 heteroatoms. The molecule has 0 bridgehead atoms. The molecular weight excluding hydrogens is 256 g/mol. The van der Waals surface area contributed by atoms with Crippen molar-refractivity contribution in [1.82, 2.24) is 9.97 Å². The van der Waals surface area contributed by atoms with Gasteiger partial charge in [-0.05, 0) is 30.0 Å². The van der Waals surface area contributed by atoms with Gasteiger partial charge in [0.1, 0.15) is 5.69 Å². The summed E-state index contributed by atoms with van der Waals surface area (Å²) in [7, 11) is 0. The van der Waals surface area contributed by atoms with Crippen LogP contribution >= 0.6 is 0 Å². The van der Waals surface area contributed by atoms with Gasteiger partial charge in [-0.2, -0.15) is 0 Å².